The van der Waals surface area contributed by atoms with Gasteiger partial charge < -0.3 is 5.32 Å². The third-order valence-corrected chi connectivity index (χ3v) is 2.50. The number of hydrogen-bond acceptors (Lipinski definition) is 2. The molecule has 0 aliphatic heterocycles. The van der Waals surface area contributed by atoms with Crippen LogP contribution >= 0.6 is 0 Å². The van der Waals surface area contributed by atoms with E-state index in [1.807, 2.05) is 0 Å². The fraction of sp³-hybridized carbons (Fsp3) is 1.00. The first-order valence-electron chi connectivity index (χ1n) is 6.06. The molecule has 0 spiro atoms. The molecule has 0 bridgehead atoms. The van der Waals surface area contributed by atoms with Gasteiger partial charge in [-0.15, -0.1) is 0 Å². The Morgan fingerprint density at radius 2 is 1.79 bits per heavy atom. The van der Waals surface area contributed by atoms with Crippen molar-refractivity contribution in [3.05, 3.63) is 0 Å². The molecular weight excluding hydrogens is 172 g/mol. The summed E-state index contributed by atoms with van der Waals surface area (Å²) in [6.45, 7) is 16.0. The second kappa shape index (κ2) is 8.25. The average molecular weight is 200 g/mol. The summed E-state index contributed by atoms with van der Waals surface area (Å²) < 4.78 is 0. The number of hydrogen-bond donors (Lipinski definition) is 1. The lowest BCUT2D eigenvalue weighted by Crippen LogP contribution is -2.42. The van der Waals surface area contributed by atoms with Crippen LogP contribution in [0.5, 0.6) is 0 Å². The lowest BCUT2D eigenvalue weighted by atomic mass is 10.1. The fourth-order valence-electron chi connectivity index (χ4n) is 1.71. The smallest absolute Gasteiger partial charge is 0.0192 e. The maximum atomic E-state index is 3.48. The highest BCUT2D eigenvalue weighted by Crippen LogP contribution is 2.03. The van der Waals surface area contributed by atoms with Crippen molar-refractivity contribution in [2.75, 3.05) is 26.2 Å². The third-order valence-electron chi connectivity index (χ3n) is 2.50. The molecular formula is C12H28N2. The van der Waals surface area contributed by atoms with Gasteiger partial charge in [-0.3, -0.25) is 4.90 Å². The Balaban J connectivity index is 3.73. The quantitative estimate of drug-likeness (QED) is 0.605. The Morgan fingerprint density at radius 1 is 1.14 bits per heavy atom. The average Bonchev–Trinajstić information content (AvgIpc) is 2.14. The zero-order valence-electron chi connectivity index (χ0n) is 10.6. The zero-order valence-corrected chi connectivity index (χ0v) is 10.6. The van der Waals surface area contributed by atoms with Gasteiger partial charge in [0.25, 0.3) is 0 Å². The van der Waals surface area contributed by atoms with Gasteiger partial charge in [-0.2, -0.15) is 0 Å². The molecule has 2 nitrogen and oxygen atoms in total. The van der Waals surface area contributed by atoms with Gasteiger partial charge in [-0.1, -0.05) is 27.7 Å². The van der Waals surface area contributed by atoms with Crippen LogP contribution in [0.3, 0.4) is 0 Å². The number of likely N-dealkylation sites (N-methyl/N-ethyl adjacent to an activating group) is 1. The van der Waals surface area contributed by atoms with E-state index in [-0.39, 0.29) is 0 Å². The molecule has 0 heterocycles. The van der Waals surface area contributed by atoms with Crippen molar-refractivity contribution in [3.63, 3.8) is 0 Å². The molecule has 0 aromatic carbocycles. The van der Waals surface area contributed by atoms with Crippen LogP contribution in [0.4, 0.5) is 0 Å². The van der Waals surface area contributed by atoms with Gasteiger partial charge in [0.05, 0.1) is 0 Å². The van der Waals surface area contributed by atoms with Crippen molar-refractivity contribution < 1.29 is 0 Å². The molecule has 0 amide bonds. The molecule has 2 heteroatoms. The van der Waals surface area contributed by atoms with Gasteiger partial charge in [0.2, 0.25) is 0 Å². The molecule has 0 aliphatic rings. The Bertz CT molecular complexity index is 123. The monoisotopic (exact) mass is 200 g/mol. The molecule has 0 saturated carbocycles. The minimum atomic E-state index is 0.661. The highest BCUT2D eigenvalue weighted by molar-refractivity contribution is 4.69. The van der Waals surface area contributed by atoms with Crippen molar-refractivity contribution in [1.29, 1.82) is 0 Å². The SMILES string of the molecule is CCCNCC(C)N(CC)CC(C)C. The van der Waals surface area contributed by atoms with Crippen molar-refractivity contribution in [2.45, 2.75) is 47.1 Å². The van der Waals surface area contributed by atoms with Crippen LogP contribution < -0.4 is 5.32 Å². The molecule has 0 aromatic rings. The summed E-state index contributed by atoms with van der Waals surface area (Å²) in [6.07, 6.45) is 1.23. The molecule has 0 radical (unpaired) electrons. The van der Waals surface area contributed by atoms with Gasteiger partial charge >= 0.3 is 0 Å². The largest absolute Gasteiger partial charge is 0.315 e. The Kier molecular flexibility index (Phi) is 8.20. The highest BCUT2D eigenvalue weighted by Gasteiger charge is 2.12. The van der Waals surface area contributed by atoms with Crippen LogP contribution in [-0.2, 0) is 0 Å². The summed E-state index contributed by atoms with van der Waals surface area (Å²) in [5.41, 5.74) is 0. The molecule has 0 aliphatic carbocycles. The molecule has 0 rings (SSSR count). The normalized spacial score (nSPS) is 13.9. The van der Waals surface area contributed by atoms with E-state index < -0.39 is 0 Å². The van der Waals surface area contributed by atoms with E-state index in [2.05, 4.69) is 44.8 Å². The third kappa shape index (κ3) is 6.39. The van der Waals surface area contributed by atoms with Crippen LogP contribution in [0, 0.1) is 5.92 Å². The summed E-state index contributed by atoms with van der Waals surface area (Å²) in [5, 5.41) is 3.48. The first kappa shape index (κ1) is 13.9. The summed E-state index contributed by atoms with van der Waals surface area (Å²) in [6, 6.07) is 0.661. The lowest BCUT2D eigenvalue weighted by Gasteiger charge is -2.29. The van der Waals surface area contributed by atoms with E-state index in [9.17, 15) is 0 Å². The number of rotatable bonds is 8. The molecule has 1 N–H and O–H groups in total. The standard InChI is InChI=1S/C12H28N2/c1-6-8-13-9-12(5)14(7-2)10-11(3)4/h11-13H,6-10H2,1-5H3. The molecule has 1 atom stereocenters. The Morgan fingerprint density at radius 3 is 2.21 bits per heavy atom. The van der Waals surface area contributed by atoms with E-state index in [1.54, 1.807) is 0 Å². The summed E-state index contributed by atoms with van der Waals surface area (Å²) >= 11 is 0. The maximum absolute atomic E-state index is 3.48. The second-order valence-corrected chi connectivity index (χ2v) is 4.53. The minimum absolute atomic E-state index is 0.661. The highest BCUT2D eigenvalue weighted by atomic mass is 15.2. The first-order valence-corrected chi connectivity index (χ1v) is 6.06. The number of nitrogens with one attached hydrogen (secondary N) is 1. The van der Waals surface area contributed by atoms with E-state index in [1.165, 1.54) is 13.0 Å². The molecule has 86 valence electrons. The van der Waals surface area contributed by atoms with Crippen LogP contribution in [0.15, 0.2) is 0 Å². The van der Waals surface area contributed by atoms with E-state index in [4.69, 9.17) is 0 Å². The summed E-state index contributed by atoms with van der Waals surface area (Å²) in [7, 11) is 0. The summed E-state index contributed by atoms with van der Waals surface area (Å²) in [4.78, 5) is 2.55. The van der Waals surface area contributed by atoms with E-state index in [0.717, 1.165) is 25.6 Å². The fourth-order valence-corrected chi connectivity index (χ4v) is 1.71. The van der Waals surface area contributed by atoms with Crippen LogP contribution in [0.2, 0.25) is 0 Å². The van der Waals surface area contributed by atoms with Crippen LogP contribution in [0.25, 0.3) is 0 Å². The molecule has 0 aromatic heterocycles. The molecule has 0 fully saturated rings. The Hall–Kier alpha value is -0.0800. The molecule has 0 saturated heterocycles. The van der Waals surface area contributed by atoms with Crippen molar-refractivity contribution in [3.8, 4) is 0 Å². The predicted molar refractivity (Wildman–Crippen MR) is 64.7 cm³/mol. The maximum Gasteiger partial charge on any atom is 0.0192 e. The van der Waals surface area contributed by atoms with Crippen molar-refractivity contribution >= 4 is 0 Å². The van der Waals surface area contributed by atoms with Gasteiger partial charge in [-0.05, 0) is 32.4 Å². The van der Waals surface area contributed by atoms with E-state index >= 15 is 0 Å². The van der Waals surface area contributed by atoms with Crippen molar-refractivity contribution in [1.82, 2.24) is 10.2 Å². The van der Waals surface area contributed by atoms with Crippen LogP contribution in [-0.4, -0.2) is 37.1 Å². The molecule has 14 heavy (non-hydrogen) atoms. The van der Waals surface area contributed by atoms with E-state index in [0.29, 0.717) is 6.04 Å². The Labute approximate surface area is 90.1 Å². The predicted octanol–water partition coefficient (Wildman–Crippen LogP) is 2.35. The van der Waals surface area contributed by atoms with Crippen LogP contribution in [0.1, 0.15) is 41.0 Å². The van der Waals surface area contributed by atoms with Gasteiger partial charge in [0.1, 0.15) is 0 Å². The zero-order chi connectivity index (χ0) is 11.0. The van der Waals surface area contributed by atoms with Crippen molar-refractivity contribution in [2.24, 2.45) is 5.92 Å². The minimum Gasteiger partial charge on any atom is -0.315 e. The first-order chi connectivity index (χ1) is 6.61. The second-order valence-electron chi connectivity index (χ2n) is 4.53. The summed E-state index contributed by atoms with van der Waals surface area (Å²) in [5.74, 6) is 0.767. The molecule has 1 unspecified atom stereocenters. The lowest BCUT2D eigenvalue weighted by molar-refractivity contribution is 0.192. The van der Waals surface area contributed by atoms with Gasteiger partial charge in [0, 0.05) is 19.1 Å². The van der Waals surface area contributed by atoms with Gasteiger partial charge in [0.15, 0.2) is 0 Å². The van der Waals surface area contributed by atoms with Gasteiger partial charge in [-0.25, -0.2) is 0 Å². The topological polar surface area (TPSA) is 15.3 Å². The number of nitrogens with zero attached hydrogens (tertiary/aromatic N) is 1.